The standard InChI is InChI=1S/C15H19N3O3/c1-10(19)11-5-8-17(9-6-11)14-13(15(20)21)18-7-3-2-4-12(18)16-14/h2-4,7,10-11,19H,5-6,8-9H2,1H3,(H,20,21). The largest absolute Gasteiger partial charge is 0.476 e. The summed E-state index contributed by atoms with van der Waals surface area (Å²) in [6.45, 7) is 3.26. The molecule has 3 heterocycles. The number of rotatable bonds is 3. The van der Waals surface area contributed by atoms with Gasteiger partial charge in [0.2, 0.25) is 0 Å². The summed E-state index contributed by atoms with van der Waals surface area (Å²) >= 11 is 0. The fourth-order valence-electron chi connectivity index (χ4n) is 3.00. The van der Waals surface area contributed by atoms with E-state index in [-0.39, 0.29) is 17.7 Å². The Morgan fingerprint density at radius 2 is 2.10 bits per heavy atom. The predicted molar refractivity (Wildman–Crippen MR) is 78.8 cm³/mol. The maximum Gasteiger partial charge on any atom is 0.356 e. The van der Waals surface area contributed by atoms with Crippen molar-refractivity contribution in [2.45, 2.75) is 25.9 Å². The van der Waals surface area contributed by atoms with Crippen molar-refractivity contribution >= 4 is 17.4 Å². The molecule has 1 aliphatic heterocycles. The second kappa shape index (κ2) is 5.37. The van der Waals surface area contributed by atoms with Crippen LogP contribution in [-0.2, 0) is 0 Å². The van der Waals surface area contributed by atoms with Crippen molar-refractivity contribution in [2.24, 2.45) is 5.92 Å². The highest BCUT2D eigenvalue weighted by molar-refractivity contribution is 5.93. The van der Waals surface area contributed by atoms with E-state index in [9.17, 15) is 15.0 Å². The van der Waals surface area contributed by atoms with Gasteiger partial charge in [0.15, 0.2) is 11.5 Å². The first-order valence-electron chi connectivity index (χ1n) is 7.21. The Hall–Kier alpha value is -2.08. The summed E-state index contributed by atoms with van der Waals surface area (Å²) in [5.74, 6) is -0.161. The fourth-order valence-corrected chi connectivity index (χ4v) is 3.00. The highest BCUT2D eigenvalue weighted by Gasteiger charge is 2.28. The van der Waals surface area contributed by atoms with Crippen molar-refractivity contribution in [1.29, 1.82) is 0 Å². The van der Waals surface area contributed by atoms with Crippen LogP contribution in [-0.4, -0.2) is 44.8 Å². The van der Waals surface area contributed by atoms with E-state index in [0.717, 1.165) is 25.9 Å². The number of aliphatic hydroxyl groups is 1. The van der Waals surface area contributed by atoms with E-state index in [1.54, 1.807) is 22.7 Å². The van der Waals surface area contributed by atoms with Crippen LogP contribution in [0.4, 0.5) is 5.82 Å². The normalized spacial score (nSPS) is 18.1. The molecule has 1 saturated heterocycles. The summed E-state index contributed by atoms with van der Waals surface area (Å²) < 4.78 is 1.61. The average Bonchev–Trinajstić information content (AvgIpc) is 2.86. The number of nitrogens with zero attached hydrogens (tertiary/aromatic N) is 3. The van der Waals surface area contributed by atoms with Crippen molar-refractivity contribution in [3.05, 3.63) is 30.1 Å². The first-order chi connectivity index (χ1) is 10.1. The van der Waals surface area contributed by atoms with Crippen molar-refractivity contribution in [1.82, 2.24) is 9.38 Å². The lowest BCUT2D eigenvalue weighted by molar-refractivity contribution is 0.0689. The molecule has 0 saturated carbocycles. The third kappa shape index (κ3) is 2.47. The highest BCUT2D eigenvalue weighted by atomic mass is 16.4. The maximum atomic E-state index is 11.6. The molecule has 0 aliphatic carbocycles. The van der Waals surface area contributed by atoms with E-state index < -0.39 is 5.97 Å². The smallest absolute Gasteiger partial charge is 0.356 e. The molecule has 2 N–H and O–H groups in total. The number of aliphatic hydroxyl groups excluding tert-OH is 1. The number of piperidine rings is 1. The van der Waals surface area contributed by atoms with Gasteiger partial charge in [0.25, 0.3) is 0 Å². The Kier molecular flexibility index (Phi) is 3.55. The molecule has 0 bridgehead atoms. The molecule has 1 aliphatic rings. The molecule has 2 aromatic heterocycles. The summed E-state index contributed by atoms with van der Waals surface area (Å²) in [5, 5.41) is 19.2. The first kappa shape index (κ1) is 13.9. The van der Waals surface area contributed by atoms with Crippen LogP contribution < -0.4 is 4.90 Å². The van der Waals surface area contributed by atoms with Gasteiger partial charge in [-0.1, -0.05) is 6.07 Å². The summed E-state index contributed by atoms with van der Waals surface area (Å²) in [5.41, 5.74) is 0.851. The van der Waals surface area contributed by atoms with Gasteiger partial charge in [0.1, 0.15) is 5.65 Å². The van der Waals surface area contributed by atoms with Crippen LogP contribution in [0.25, 0.3) is 5.65 Å². The van der Waals surface area contributed by atoms with Crippen molar-refractivity contribution in [2.75, 3.05) is 18.0 Å². The van der Waals surface area contributed by atoms with Gasteiger partial charge >= 0.3 is 5.97 Å². The number of aromatic nitrogens is 2. The van der Waals surface area contributed by atoms with Crippen LogP contribution in [0.3, 0.4) is 0 Å². The zero-order valence-corrected chi connectivity index (χ0v) is 11.9. The molecule has 1 fully saturated rings. The Morgan fingerprint density at radius 1 is 1.38 bits per heavy atom. The quantitative estimate of drug-likeness (QED) is 0.898. The van der Waals surface area contributed by atoms with E-state index >= 15 is 0 Å². The van der Waals surface area contributed by atoms with E-state index in [0.29, 0.717) is 11.5 Å². The van der Waals surface area contributed by atoms with Crippen LogP contribution in [0.5, 0.6) is 0 Å². The van der Waals surface area contributed by atoms with Crippen LogP contribution in [0.2, 0.25) is 0 Å². The number of hydrogen-bond donors (Lipinski definition) is 2. The minimum Gasteiger partial charge on any atom is -0.476 e. The number of carbonyl (C=O) groups is 1. The Bertz CT molecular complexity index is 657. The summed E-state index contributed by atoms with van der Waals surface area (Å²) in [6.07, 6.45) is 3.11. The minimum atomic E-state index is -0.971. The van der Waals surface area contributed by atoms with Crippen molar-refractivity contribution in [3.63, 3.8) is 0 Å². The second-order valence-electron chi connectivity index (χ2n) is 5.58. The van der Waals surface area contributed by atoms with Gasteiger partial charge in [-0.3, -0.25) is 4.40 Å². The number of hydrogen-bond acceptors (Lipinski definition) is 4. The molecule has 0 radical (unpaired) electrons. The van der Waals surface area contributed by atoms with Gasteiger partial charge in [0.05, 0.1) is 6.10 Å². The van der Waals surface area contributed by atoms with Crippen molar-refractivity contribution < 1.29 is 15.0 Å². The molecule has 112 valence electrons. The van der Waals surface area contributed by atoms with Crippen molar-refractivity contribution in [3.8, 4) is 0 Å². The molecule has 6 heteroatoms. The van der Waals surface area contributed by atoms with Crippen LogP contribution in [0.1, 0.15) is 30.3 Å². The molecule has 1 atom stereocenters. The average molecular weight is 289 g/mol. The van der Waals surface area contributed by atoms with Crippen LogP contribution in [0.15, 0.2) is 24.4 Å². The second-order valence-corrected chi connectivity index (χ2v) is 5.58. The number of carboxylic acid groups (broad SMARTS) is 1. The Labute approximate surface area is 122 Å². The fraction of sp³-hybridized carbons (Fsp3) is 0.467. The summed E-state index contributed by atoms with van der Waals surface area (Å²) in [4.78, 5) is 18.1. The van der Waals surface area contributed by atoms with Gasteiger partial charge in [-0.05, 0) is 37.8 Å². The molecule has 6 nitrogen and oxygen atoms in total. The Morgan fingerprint density at radius 3 is 2.71 bits per heavy atom. The van der Waals surface area contributed by atoms with Gasteiger partial charge in [0, 0.05) is 19.3 Å². The lowest BCUT2D eigenvalue weighted by Gasteiger charge is -2.33. The number of pyridine rings is 1. The summed E-state index contributed by atoms with van der Waals surface area (Å²) in [7, 11) is 0. The molecule has 0 spiro atoms. The molecule has 0 amide bonds. The number of aromatic carboxylic acids is 1. The van der Waals surface area contributed by atoms with Crippen LogP contribution >= 0.6 is 0 Å². The predicted octanol–water partition coefficient (Wildman–Crippen LogP) is 1.63. The third-order valence-electron chi connectivity index (χ3n) is 4.24. The maximum absolute atomic E-state index is 11.6. The van der Waals surface area contributed by atoms with Crippen LogP contribution in [0, 0.1) is 5.92 Å². The highest BCUT2D eigenvalue weighted by Crippen LogP contribution is 2.28. The van der Waals surface area contributed by atoms with E-state index in [1.807, 2.05) is 17.9 Å². The van der Waals surface area contributed by atoms with Gasteiger partial charge in [-0.15, -0.1) is 0 Å². The zero-order chi connectivity index (χ0) is 15.0. The first-order valence-corrected chi connectivity index (χ1v) is 7.21. The minimum absolute atomic E-state index is 0.209. The lowest BCUT2D eigenvalue weighted by atomic mass is 9.92. The topological polar surface area (TPSA) is 78.1 Å². The molecule has 0 aromatic carbocycles. The monoisotopic (exact) mass is 289 g/mol. The van der Waals surface area contributed by atoms with Gasteiger partial charge in [-0.25, -0.2) is 9.78 Å². The molecule has 21 heavy (non-hydrogen) atoms. The number of carboxylic acids is 1. The van der Waals surface area contributed by atoms with Gasteiger partial charge < -0.3 is 15.1 Å². The SMILES string of the molecule is CC(O)C1CCN(c2nc3ccccn3c2C(=O)O)CC1. The zero-order valence-electron chi connectivity index (χ0n) is 11.9. The Balaban J connectivity index is 1.94. The van der Waals surface area contributed by atoms with E-state index in [4.69, 9.17) is 0 Å². The molecule has 3 rings (SSSR count). The van der Waals surface area contributed by atoms with E-state index in [2.05, 4.69) is 4.98 Å². The molecule has 1 unspecified atom stereocenters. The lowest BCUT2D eigenvalue weighted by Crippen LogP contribution is -2.38. The number of fused-ring (bicyclic) bond motifs is 1. The molecule has 2 aromatic rings. The molecular formula is C15H19N3O3. The summed E-state index contributed by atoms with van der Waals surface area (Å²) in [6, 6.07) is 5.44. The van der Waals surface area contributed by atoms with Gasteiger partial charge in [-0.2, -0.15) is 0 Å². The molecular weight excluding hydrogens is 270 g/mol. The van der Waals surface area contributed by atoms with E-state index in [1.165, 1.54) is 0 Å². The number of imidazole rings is 1. The number of anilines is 1. The third-order valence-corrected chi connectivity index (χ3v) is 4.24.